The van der Waals surface area contributed by atoms with E-state index < -0.39 is 22.6 Å². The van der Waals surface area contributed by atoms with E-state index in [1.807, 2.05) is 0 Å². The lowest BCUT2D eigenvalue weighted by molar-refractivity contribution is -0.137. The average molecular weight is 351 g/mol. The third-order valence-electron chi connectivity index (χ3n) is 2.61. The Morgan fingerprint density at radius 3 is 2.36 bits per heavy atom. The van der Waals surface area contributed by atoms with Crippen molar-refractivity contribution in [3.05, 3.63) is 56.3 Å². The van der Waals surface area contributed by atoms with Gasteiger partial charge in [-0.25, -0.2) is 4.39 Å². The second-order valence-electron chi connectivity index (χ2n) is 4.03. The number of aromatic nitrogens is 1. The molecular weight excluding hydrogens is 347 g/mol. The Hall–Kier alpha value is -2.02. The molecule has 4 nitrogen and oxygen atoms in total. The molecule has 0 saturated heterocycles. The first-order valence-corrected chi connectivity index (χ1v) is 6.27. The van der Waals surface area contributed by atoms with Crippen LogP contribution in [-0.2, 0) is 6.18 Å². The molecule has 2 aromatic rings. The number of benzene rings is 1. The highest BCUT2D eigenvalue weighted by molar-refractivity contribution is 6.34. The molecule has 0 aliphatic rings. The fourth-order valence-corrected chi connectivity index (χ4v) is 2.09. The molecule has 0 aliphatic carbocycles. The molecule has 0 atom stereocenters. The van der Waals surface area contributed by atoms with Gasteiger partial charge in [0.25, 0.3) is 0 Å². The van der Waals surface area contributed by atoms with Crippen LogP contribution in [0.1, 0.15) is 5.56 Å². The summed E-state index contributed by atoms with van der Waals surface area (Å²) in [5, 5.41) is 2.70. The molecule has 114 valence electrons. The lowest BCUT2D eigenvalue weighted by Crippen LogP contribution is -2.06. The molecule has 0 fully saturated rings. The molecule has 1 aromatic heterocycles. The summed E-state index contributed by atoms with van der Waals surface area (Å²) in [6, 6.07) is 2.54. The summed E-state index contributed by atoms with van der Waals surface area (Å²) in [5.74, 6) is -0.865. The van der Waals surface area contributed by atoms with Crippen LogP contribution in [-0.4, -0.2) is 4.98 Å². The topological polar surface area (TPSA) is 61.7 Å². The highest BCUT2D eigenvalue weighted by Gasteiger charge is 2.31. The van der Waals surface area contributed by atoms with Crippen LogP contribution >= 0.6 is 23.2 Å². The normalized spacial score (nSPS) is 11.2. The van der Waals surface area contributed by atoms with Crippen molar-refractivity contribution in [2.45, 2.75) is 6.18 Å². The fourth-order valence-electron chi connectivity index (χ4n) is 1.63. The van der Waals surface area contributed by atoms with Crippen LogP contribution in [0.25, 0.3) is 21.7 Å². The Bertz CT molecular complexity index is 785. The van der Waals surface area contributed by atoms with Crippen LogP contribution in [0.5, 0.6) is 0 Å². The molecule has 22 heavy (non-hydrogen) atoms. The standard InChI is InChI=1S/C12H4Cl2F4N4/c13-7-3-9(15)6(2-10(7)21-22-19)11-8(14)1-5(4-20-11)12(16,17)18/h1-4H. The van der Waals surface area contributed by atoms with Crippen LogP contribution < -0.4 is 0 Å². The van der Waals surface area contributed by atoms with Crippen molar-refractivity contribution >= 4 is 28.9 Å². The molecule has 2 rings (SSSR count). The average Bonchev–Trinajstić information content (AvgIpc) is 2.41. The van der Waals surface area contributed by atoms with Crippen LogP contribution in [0.3, 0.4) is 0 Å². The second kappa shape index (κ2) is 6.00. The van der Waals surface area contributed by atoms with E-state index in [9.17, 15) is 17.6 Å². The Labute approximate surface area is 130 Å². The summed E-state index contributed by atoms with van der Waals surface area (Å²) in [6.07, 6.45) is -4.09. The molecule has 0 amide bonds. The Morgan fingerprint density at radius 1 is 1.14 bits per heavy atom. The van der Waals surface area contributed by atoms with E-state index >= 15 is 0 Å². The molecular formula is C12H4Cl2F4N4. The summed E-state index contributed by atoms with van der Waals surface area (Å²) in [6.45, 7) is 0. The summed E-state index contributed by atoms with van der Waals surface area (Å²) in [7, 11) is 0. The summed E-state index contributed by atoms with van der Waals surface area (Å²) >= 11 is 11.4. The van der Waals surface area contributed by atoms with Crippen molar-refractivity contribution in [3.63, 3.8) is 0 Å². The van der Waals surface area contributed by atoms with Crippen LogP contribution in [0.2, 0.25) is 10.0 Å². The van der Waals surface area contributed by atoms with Gasteiger partial charge >= 0.3 is 6.18 Å². The van der Waals surface area contributed by atoms with Gasteiger partial charge < -0.3 is 0 Å². The third kappa shape index (κ3) is 3.24. The minimum absolute atomic E-state index is 0.0988. The fraction of sp³-hybridized carbons (Fsp3) is 0.0833. The molecule has 0 saturated carbocycles. The predicted octanol–water partition coefficient (Wildman–Crippen LogP) is 6.16. The minimum Gasteiger partial charge on any atom is -0.254 e. The number of pyridine rings is 1. The minimum atomic E-state index is -4.62. The van der Waals surface area contributed by atoms with Crippen molar-refractivity contribution in [2.75, 3.05) is 0 Å². The monoisotopic (exact) mass is 350 g/mol. The van der Waals surface area contributed by atoms with Gasteiger partial charge in [0.2, 0.25) is 0 Å². The zero-order valence-corrected chi connectivity index (χ0v) is 11.9. The molecule has 0 radical (unpaired) electrons. The first-order chi connectivity index (χ1) is 10.2. The Balaban J connectivity index is 2.62. The second-order valence-corrected chi connectivity index (χ2v) is 4.84. The molecule has 10 heteroatoms. The first-order valence-electron chi connectivity index (χ1n) is 5.51. The van der Waals surface area contributed by atoms with E-state index in [2.05, 4.69) is 15.0 Å². The summed E-state index contributed by atoms with van der Waals surface area (Å²) < 4.78 is 51.6. The lowest BCUT2D eigenvalue weighted by Gasteiger charge is -2.10. The summed E-state index contributed by atoms with van der Waals surface area (Å²) in [5.41, 5.74) is 6.78. The maximum atomic E-state index is 13.9. The van der Waals surface area contributed by atoms with Crippen molar-refractivity contribution in [1.82, 2.24) is 4.98 Å². The number of hydrogen-bond donors (Lipinski definition) is 0. The third-order valence-corrected chi connectivity index (χ3v) is 3.20. The first kappa shape index (κ1) is 16.4. The number of azide groups is 1. The zero-order valence-electron chi connectivity index (χ0n) is 10.4. The molecule has 0 N–H and O–H groups in total. The summed E-state index contributed by atoms with van der Waals surface area (Å²) in [4.78, 5) is 6.05. The molecule has 0 spiro atoms. The largest absolute Gasteiger partial charge is 0.417 e. The number of rotatable bonds is 2. The maximum absolute atomic E-state index is 13.9. The SMILES string of the molecule is [N-]=[N+]=Nc1cc(-c2ncc(C(F)(F)F)cc2Cl)c(F)cc1Cl. The van der Waals surface area contributed by atoms with Gasteiger partial charge in [-0.2, -0.15) is 13.2 Å². The van der Waals surface area contributed by atoms with E-state index in [0.717, 1.165) is 12.1 Å². The molecule has 1 heterocycles. The van der Waals surface area contributed by atoms with Gasteiger partial charge in [-0.05, 0) is 23.7 Å². The zero-order chi connectivity index (χ0) is 16.5. The van der Waals surface area contributed by atoms with Crippen molar-refractivity contribution in [1.29, 1.82) is 0 Å². The molecule has 0 aliphatic heterocycles. The van der Waals surface area contributed by atoms with Gasteiger partial charge in [0.1, 0.15) is 5.82 Å². The van der Waals surface area contributed by atoms with E-state index in [1.54, 1.807) is 0 Å². The van der Waals surface area contributed by atoms with Crippen molar-refractivity contribution < 1.29 is 17.6 Å². The molecule has 0 bridgehead atoms. The van der Waals surface area contributed by atoms with E-state index in [-0.39, 0.29) is 22.0 Å². The van der Waals surface area contributed by atoms with Gasteiger partial charge in [0, 0.05) is 16.7 Å². The highest BCUT2D eigenvalue weighted by Crippen LogP contribution is 2.37. The predicted molar refractivity (Wildman–Crippen MR) is 73.5 cm³/mol. The Morgan fingerprint density at radius 2 is 1.82 bits per heavy atom. The van der Waals surface area contributed by atoms with Crippen molar-refractivity contribution in [2.24, 2.45) is 5.11 Å². The number of hydrogen-bond acceptors (Lipinski definition) is 2. The van der Waals surface area contributed by atoms with Gasteiger partial charge in [0.15, 0.2) is 0 Å². The van der Waals surface area contributed by atoms with E-state index in [0.29, 0.717) is 12.3 Å². The smallest absolute Gasteiger partial charge is 0.254 e. The van der Waals surface area contributed by atoms with E-state index in [1.165, 1.54) is 0 Å². The quantitative estimate of drug-likeness (QED) is 0.277. The number of nitrogens with zero attached hydrogens (tertiary/aromatic N) is 4. The van der Waals surface area contributed by atoms with Gasteiger partial charge in [-0.1, -0.05) is 28.3 Å². The molecule has 0 unspecified atom stereocenters. The maximum Gasteiger partial charge on any atom is 0.417 e. The van der Waals surface area contributed by atoms with Gasteiger partial charge in [0.05, 0.1) is 27.0 Å². The van der Waals surface area contributed by atoms with Gasteiger partial charge in [-0.15, -0.1) is 0 Å². The van der Waals surface area contributed by atoms with Crippen LogP contribution in [0.15, 0.2) is 29.5 Å². The van der Waals surface area contributed by atoms with Crippen LogP contribution in [0.4, 0.5) is 23.2 Å². The number of alkyl halides is 3. The Kier molecular flexibility index (Phi) is 4.46. The number of halogens is 6. The lowest BCUT2D eigenvalue weighted by atomic mass is 10.1. The van der Waals surface area contributed by atoms with Crippen LogP contribution in [0, 0.1) is 5.82 Å². The van der Waals surface area contributed by atoms with Gasteiger partial charge in [-0.3, -0.25) is 4.98 Å². The highest BCUT2D eigenvalue weighted by atomic mass is 35.5. The van der Waals surface area contributed by atoms with Crippen molar-refractivity contribution in [3.8, 4) is 11.3 Å². The molecule has 1 aromatic carbocycles. The van der Waals surface area contributed by atoms with E-state index in [4.69, 9.17) is 28.7 Å².